The number of hydrogen-bond acceptors (Lipinski definition) is 2. The monoisotopic (exact) mass is 253 g/mol. The van der Waals surface area contributed by atoms with Crippen molar-refractivity contribution in [1.82, 2.24) is 10.6 Å². The van der Waals surface area contributed by atoms with Gasteiger partial charge in [0.15, 0.2) is 5.96 Å². The molecule has 18 heavy (non-hydrogen) atoms. The highest BCUT2D eigenvalue weighted by Gasteiger charge is 2.36. The molecule has 0 spiro atoms. The summed E-state index contributed by atoms with van der Waals surface area (Å²) in [5.74, 6) is 1.64. The fraction of sp³-hybridized carbons (Fsp3) is 0.929. The molecule has 4 unspecified atom stereocenters. The summed E-state index contributed by atoms with van der Waals surface area (Å²) >= 11 is 0. The molecule has 3 N–H and O–H groups in total. The Hall–Kier alpha value is -0.770. The molecule has 0 aromatic carbocycles. The Morgan fingerprint density at radius 3 is 2.72 bits per heavy atom. The second-order valence-electron chi connectivity index (χ2n) is 6.31. The van der Waals surface area contributed by atoms with E-state index in [0.717, 1.165) is 37.7 Å². The molecular formula is C14H27N3O. The molecule has 0 bridgehead atoms. The fourth-order valence-electron chi connectivity index (χ4n) is 2.77. The predicted molar refractivity (Wildman–Crippen MR) is 74.6 cm³/mol. The molecule has 0 aromatic heterocycles. The van der Waals surface area contributed by atoms with Crippen molar-refractivity contribution in [2.75, 3.05) is 13.6 Å². The summed E-state index contributed by atoms with van der Waals surface area (Å²) in [5, 5.41) is 16.9. The molecule has 2 fully saturated rings. The third kappa shape index (κ3) is 3.16. The van der Waals surface area contributed by atoms with Gasteiger partial charge >= 0.3 is 0 Å². The minimum absolute atomic E-state index is 0.00889. The number of guanidine groups is 1. The first kappa shape index (κ1) is 13.7. The standard InChI is InChI=1S/C14H27N3O/c1-10-8-11(10)17-13(15-3)16-9-14(2)7-5-4-6-12(14)18/h10-12,18H,4-9H2,1-3H3,(H2,15,16,17). The average molecular weight is 253 g/mol. The van der Waals surface area contributed by atoms with Gasteiger partial charge in [-0.1, -0.05) is 26.7 Å². The van der Waals surface area contributed by atoms with Crippen molar-refractivity contribution in [3.8, 4) is 0 Å². The first-order valence-electron chi connectivity index (χ1n) is 7.20. The second kappa shape index (κ2) is 5.47. The van der Waals surface area contributed by atoms with Crippen LogP contribution in [0.1, 0.15) is 46.0 Å². The fourth-order valence-corrected chi connectivity index (χ4v) is 2.77. The van der Waals surface area contributed by atoms with Crippen molar-refractivity contribution < 1.29 is 5.11 Å². The van der Waals surface area contributed by atoms with Gasteiger partial charge < -0.3 is 15.7 Å². The van der Waals surface area contributed by atoms with E-state index in [-0.39, 0.29) is 11.5 Å². The molecule has 0 amide bonds. The van der Waals surface area contributed by atoms with Crippen LogP contribution < -0.4 is 10.6 Å². The molecule has 0 saturated heterocycles. The Bertz CT molecular complexity index is 318. The third-order valence-corrected chi connectivity index (χ3v) is 4.59. The summed E-state index contributed by atoms with van der Waals surface area (Å²) in [7, 11) is 1.81. The van der Waals surface area contributed by atoms with E-state index in [1.54, 1.807) is 0 Å². The van der Waals surface area contributed by atoms with Gasteiger partial charge in [-0.2, -0.15) is 0 Å². The highest BCUT2D eigenvalue weighted by molar-refractivity contribution is 5.80. The van der Waals surface area contributed by atoms with Gasteiger partial charge in [0, 0.05) is 25.0 Å². The van der Waals surface area contributed by atoms with Crippen molar-refractivity contribution >= 4 is 5.96 Å². The van der Waals surface area contributed by atoms with E-state index in [4.69, 9.17) is 0 Å². The summed E-state index contributed by atoms with van der Waals surface area (Å²) in [6, 6.07) is 0.584. The van der Waals surface area contributed by atoms with E-state index < -0.39 is 0 Å². The summed E-state index contributed by atoms with van der Waals surface area (Å²) in [5.41, 5.74) is -0.00889. The summed E-state index contributed by atoms with van der Waals surface area (Å²) < 4.78 is 0. The Morgan fingerprint density at radius 1 is 1.44 bits per heavy atom. The first-order chi connectivity index (χ1) is 8.55. The number of aliphatic hydroxyl groups excluding tert-OH is 1. The van der Waals surface area contributed by atoms with Crippen LogP contribution in [0.4, 0.5) is 0 Å². The quantitative estimate of drug-likeness (QED) is 0.528. The molecule has 4 heteroatoms. The van der Waals surface area contributed by atoms with Crippen LogP contribution in [-0.4, -0.2) is 36.8 Å². The SMILES string of the molecule is CN=C(NCC1(C)CCCCC1O)NC1CC1C. The van der Waals surface area contributed by atoms with Crippen LogP contribution in [0, 0.1) is 11.3 Å². The van der Waals surface area contributed by atoms with E-state index in [0.29, 0.717) is 6.04 Å². The lowest BCUT2D eigenvalue weighted by atomic mass is 9.73. The number of nitrogens with zero attached hydrogens (tertiary/aromatic N) is 1. The second-order valence-corrected chi connectivity index (χ2v) is 6.31. The smallest absolute Gasteiger partial charge is 0.191 e. The molecule has 104 valence electrons. The van der Waals surface area contributed by atoms with Crippen molar-refractivity contribution in [2.24, 2.45) is 16.3 Å². The topological polar surface area (TPSA) is 56.7 Å². The van der Waals surface area contributed by atoms with Gasteiger partial charge in [0.05, 0.1) is 6.10 Å². The minimum Gasteiger partial charge on any atom is -0.392 e. The van der Waals surface area contributed by atoms with Gasteiger partial charge in [0.2, 0.25) is 0 Å². The molecule has 4 atom stereocenters. The van der Waals surface area contributed by atoms with Crippen molar-refractivity contribution in [2.45, 2.75) is 58.1 Å². The number of rotatable bonds is 3. The number of aliphatic imine (C=N–C) groups is 1. The molecular weight excluding hydrogens is 226 g/mol. The Balaban J connectivity index is 1.81. The Labute approximate surface area is 110 Å². The van der Waals surface area contributed by atoms with Crippen molar-refractivity contribution in [1.29, 1.82) is 0 Å². The van der Waals surface area contributed by atoms with Crippen LogP contribution in [0.2, 0.25) is 0 Å². The maximum Gasteiger partial charge on any atom is 0.191 e. The number of aliphatic hydroxyl groups is 1. The molecule has 0 aliphatic heterocycles. The lowest BCUT2D eigenvalue weighted by Gasteiger charge is -2.38. The summed E-state index contributed by atoms with van der Waals surface area (Å²) in [6.07, 6.45) is 5.46. The largest absolute Gasteiger partial charge is 0.392 e. The zero-order chi connectivity index (χ0) is 13.2. The van der Waals surface area contributed by atoms with Crippen LogP contribution in [0.5, 0.6) is 0 Å². The lowest BCUT2D eigenvalue weighted by molar-refractivity contribution is 0.00397. The van der Waals surface area contributed by atoms with Crippen LogP contribution in [0.25, 0.3) is 0 Å². The highest BCUT2D eigenvalue weighted by Crippen LogP contribution is 2.35. The van der Waals surface area contributed by atoms with Gasteiger partial charge in [-0.25, -0.2) is 0 Å². The number of nitrogens with one attached hydrogen (secondary N) is 2. The molecule has 4 nitrogen and oxygen atoms in total. The van der Waals surface area contributed by atoms with E-state index >= 15 is 0 Å². The van der Waals surface area contributed by atoms with Gasteiger partial charge in [-0.15, -0.1) is 0 Å². The van der Waals surface area contributed by atoms with Gasteiger partial charge in [0.1, 0.15) is 0 Å². The van der Waals surface area contributed by atoms with E-state index in [2.05, 4.69) is 29.5 Å². The molecule has 2 saturated carbocycles. The van der Waals surface area contributed by atoms with Crippen molar-refractivity contribution in [3.63, 3.8) is 0 Å². The molecule has 0 aromatic rings. The molecule has 2 aliphatic rings. The van der Waals surface area contributed by atoms with Crippen LogP contribution in [0.3, 0.4) is 0 Å². The van der Waals surface area contributed by atoms with E-state index in [1.165, 1.54) is 12.8 Å². The van der Waals surface area contributed by atoms with Gasteiger partial charge in [-0.3, -0.25) is 4.99 Å². The molecule has 0 radical (unpaired) electrons. The Kier molecular flexibility index (Phi) is 4.15. The molecule has 0 heterocycles. The maximum atomic E-state index is 10.1. The zero-order valence-electron chi connectivity index (χ0n) is 11.9. The van der Waals surface area contributed by atoms with Crippen LogP contribution in [-0.2, 0) is 0 Å². The van der Waals surface area contributed by atoms with Crippen LogP contribution in [0.15, 0.2) is 4.99 Å². The number of hydrogen-bond donors (Lipinski definition) is 3. The first-order valence-corrected chi connectivity index (χ1v) is 7.20. The highest BCUT2D eigenvalue weighted by atomic mass is 16.3. The molecule has 2 aliphatic carbocycles. The van der Waals surface area contributed by atoms with Crippen molar-refractivity contribution in [3.05, 3.63) is 0 Å². The summed E-state index contributed by atoms with van der Waals surface area (Å²) in [4.78, 5) is 4.26. The molecule has 2 rings (SSSR count). The zero-order valence-corrected chi connectivity index (χ0v) is 11.9. The van der Waals surface area contributed by atoms with Gasteiger partial charge in [0.25, 0.3) is 0 Å². The van der Waals surface area contributed by atoms with E-state index in [1.807, 2.05) is 7.05 Å². The average Bonchev–Trinajstić information content (AvgIpc) is 3.04. The third-order valence-electron chi connectivity index (χ3n) is 4.59. The summed E-state index contributed by atoms with van der Waals surface area (Å²) in [6.45, 7) is 5.23. The lowest BCUT2D eigenvalue weighted by Crippen LogP contribution is -2.48. The maximum absolute atomic E-state index is 10.1. The van der Waals surface area contributed by atoms with Crippen LogP contribution >= 0.6 is 0 Å². The normalized spacial score (nSPS) is 40.4. The van der Waals surface area contributed by atoms with Gasteiger partial charge in [-0.05, 0) is 25.2 Å². The minimum atomic E-state index is -0.184. The van der Waals surface area contributed by atoms with E-state index in [9.17, 15) is 5.11 Å². The Morgan fingerprint density at radius 2 is 2.17 bits per heavy atom. The predicted octanol–water partition coefficient (Wildman–Crippen LogP) is 1.50.